The van der Waals surface area contributed by atoms with Gasteiger partial charge >= 0.3 is 0 Å². The first-order valence-corrected chi connectivity index (χ1v) is 5.53. The Hall–Kier alpha value is -1.06. The van der Waals surface area contributed by atoms with E-state index in [0.29, 0.717) is 18.9 Å². The lowest BCUT2D eigenvalue weighted by atomic mass is 10.0. The molecule has 4 heteroatoms. The third kappa shape index (κ3) is 2.70. The molecule has 1 heterocycles. The van der Waals surface area contributed by atoms with Crippen LogP contribution in [0.25, 0.3) is 0 Å². The van der Waals surface area contributed by atoms with Crippen LogP contribution in [-0.2, 0) is 9.59 Å². The fourth-order valence-corrected chi connectivity index (χ4v) is 1.72. The van der Waals surface area contributed by atoms with Crippen LogP contribution in [0.1, 0.15) is 34.1 Å². The molecule has 1 fully saturated rings. The quantitative estimate of drug-likeness (QED) is 0.735. The van der Waals surface area contributed by atoms with Gasteiger partial charge in [0.1, 0.15) is 6.04 Å². The lowest BCUT2D eigenvalue weighted by Gasteiger charge is -2.31. The summed E-state index contributed by atoms with van der Waals surface area (Å²) < 4.78 is 0. The van der Waals surface area contributed by atoms with Gasteiger partial charge in [-0.1, -0.05) is 13.8 Å². The summed E-state index contributed by atoms with van der Waals surface area (Å²) >= 11 is 0. The van der Waals surface area contributed by atoms with Gasteiger partial charge in [-0.2, -0.15) is 0 Å². The molecular formula is C11H20N2O2. The SMILES string of the molecule is CC1NC(=O)CCN(C(C)C(C)C)C1=O. The van der Waals surface area contributed by atoms with Crippen molar-refractivity contribution in [1.29, 1.82) is 0 Å². The lowest BCUT2D eigenvalue weighted by Crippen LogP contribution is -2.47. The molecule has 1 saturated heterocycles. The molecule has 0 saturated carbocycles. The second kappa shape index (κ2) is 4.64. The van der Waals surface area contributed by atoms with Gasteiger partial charge in [-0.05, 0) is 19.8 Å². The molecule has 0 radical (unpaired) electrons. The molecule has 0 aromatic heterocycles. The van der Waals surface area contributed by atoms with Gasteiger partial charge in [0.25, 0.3) is 0 Å². The Labute approximate surface area is 91.0 Å². The zero-order valence-corrected chi connectivity index (χ0v) is 9.91. The van der Waals surface area contributed by atoms with Gasteiger partial charge in [-0.25, -0.2) is 0 Å². The van der Waals surface area contributed by atoms with Crippen molar-refractivity contribution < 1.29 is 9.59 Å². The summed E-state index contributed by atoms with van der Waals surface area (Å²) in [6.07, 6.45) is 0.410. The second-order valence-electron chi connectivity index (χ2n) is 4.56. The summed E-state index contributed by atoms with van der Waals surface area (Å²) in [6, 6.07) is -0.200. The zero-order chi connectivity index (χ0) is 11.6. The van der Waals surface area contributed by atoms with Gasteiger partial charge < -0.3 is 10.2 Å². The maximum absolute atomic E-state index is 11.9. The first kappa shape index (κ1) is 12.0. The molecular weight excluding hydrogens is 192 g/mol. The number of nitrogens with one attached hydrogen (secondary N) is 1. The van der Waals surface area contributed by atoms with Crippen LogP contribution in [0.2, 0.25) is 0 Å². The summed E-state index contributed by atoms with van der Waals surface area (Å²) in [5, 5.41) is 2.69. The predicted molar refractivity (Wildman–Crippen MR) is 58.2 cm³/mol. The van der Waals surface area contributed by atoms with Crippen molar-refractivity contribution in [2.75, 3.05) is 6.54 Å². The number of amides is 2. The molecule has 1 aliphatic heterocycles. The van der Waals surface area contributed by atoms with E-state index in [9.17, 15) is 9.59 Å². The van der Waals surface area contributed by atoms with E-state index in [1.54, 1.807) is 6.92 Å². The second-order valence-corrected chi connectivity index (χ2v) is 4.56. The Morgan fingerprint density at radius 2 is 1.93 bits per heavy atom. The van der Waals surface area contributed by atoms with Crippen molar-refractivity contribution in [3.63, 3.8) is 0 Å². The molecule has 0 aliphatic carbocycles. The average Bonchev–Trinajstić information content (AvgIpc) is 2.27. The van der Waals surface area contributed by atoms with E-state index < -0.39 is 0 Å². The molecule has 0 spiro atoms. The average molecular weight is 212 g/mol. The summed E-state index contributed by atoms with van der Waals surface area (Å²) in [6.45, 7) is 8.48. The Kier molecular flexibility index (Phi) is 3.72. The van der Waals surface area contributed by atoms with Crippen LogP contribution in [0.3, 0.4) is 0 Å². The highest BCUT2D eigenvalue weighted by Crippen LogP contribution is 2.14. The van der Waals surface area contributed by atoms with Gasteiger partial charge in [-0.15, -0.1) is 0 Å². The van der Waals surface area contributed by atoms with Crippen molar-refractivity contribution in [1.82, 2.24) is 10.2 Å². The molecule has 2 amide bonds. The van der Waals surface area contributed by atoms with Gasteiger partial charge in [-0.3, -0.25) is 9.59 Å². The summed E-state index contributed by atoms with van der Waals surface area (Å²) in [7, 11) is 0. The fourth-order valence-electron chi connectivity index (χ4n) is 1.72. The maximum atomic E-state index is 11.9. The highest BCUT2D eigenvalue weighted by atomic mass is 16.2. The smallest absolute Gasteiger partial charge is 0.245 e. The minimum Gasteiger partial charge on any atom is -0.345 e. The van der Waals surface area contributed by atoms with Gasteiger partial charge in [0.2, 0.25) is 11.8 Å². The Balaban J connectivity index is 2.79. The fraction of sp³-hybridized carbons (Fsp3) is 0.818. The third-order valence-corrected chi connectivity index (χ3v) is 3.07. The summed E-state index contributed by atoms with van der Waals surface area (Å²) in [4.78, 5) is 25.0. The van der Waals surface area contributed by atoms with Crippen molar-refractivity contribution in [2.45, 2.75) is 46.2 Å². The van der Waals surface area contributed by atoms with E-state index in [1.807, 2.05) is 11.8 Å². The van der Waals surface area contributed by atoms with Crippen LogP contribution in [0.5, 0.6) is 0 Å². The van der Waals surface area contributed by atoms with Crippen LogP contribution in [-0.4, -0.2) is 35.3 Å². The van der Waals surface area contributed by atoms with Crippen LogP contribution in [0.4, 0.5) is 0 Å². The molecule has 1 N–H and O–H groups in total. The van der Waals surface area contributed by atoms with Crippen LogP contribution in [0.15, 0.2) is 0 Å². The number of carbonyl (C=O) groups is 2. The van der Waals surface area contributed by atoms with Crippen LogP contribution >= 0.6 is 0 Å². The lowest BCUT2D eigenvalue weighted by molar-refractivity contribution is -0.135. The monoisotopic (exact) mass is 212 g/mol. The number of rotatable bonds is 2. The molecule has 1 aliphatic rings. The molecule has 2 atom stereocenters. The molecule has 2 unspecified atom stereocenters. The Morgan fingerprint density at radius 1 is 1.33 bits per heavy atom. The molecule has 0 aromatic rings. The van der Waals surface area contributed by atoms with Crippen molar-refractivity contribution >= 4 is 11.8 Å². The predicted octanol–water partition coefficient (Wildman–Crippen LogP) is 0.768. The van der Waals surface area contributed by atoms with Crippen LogP contribution in [0, 0.1) is 5.92 Å². The molecule has 0 aromatic carbocycles. The normalized spacial score (nSPS) is 25.1. The first-order valence-electron chi connectivity index (χ1n) is 5.53. The van der Waals surface area contributed by atoms with Gasteiger partial charge in [0.05, 0.1) is 0 Å². The highest BCUT2D eigenvalue weighted by Gasteiger charge is 2.30. The first-order chi connectivity index (χ1) is 6.93. The van der Waals surface area contributed by atoms with E-state index in [1.165, 1.54) is 0 Å². The molecule has 1 rings (SSSR count). The van der Waals surface area contributed by atoms with E-state index in [2.05, 4.69) is 19.2 Å². The molecule has 4 nitrogen and oxygen atoms in total. The minimum absolute atomic E-state index is 0.0297. The Morgan fingerprint density at radius 3 is 2.47 bits per heavy atom. The summed E-state index contributed by atoms with van der Waals surface area (Å²) in [5.41, 5.74) is 0. The van der Waals surface area contributed by atoms with E-state index in [-0.39, 0.29) is 23.9 Å². The number of carbonyl (C=O) groups excluding carboxylic acids is 2. The minimum atomic E-state index is -0.388. The number of hydrogen-bond donors (Lipinski definition) is 1. The molecule has 15 heavy (non-hydrogen) atoms. The summed E-state index contributed by atoms with van der Waals surface area (Å²) in [5.74, 6) is 0.408. The van der Waals surface area contributed by atoms with Crippen molar-refractivity contribution in [3.05, 3.63) is 0 Å². The highest BCUT2D eigenvalue weighted by molar-refractivity contribution is 5.89. The molecule has 86 valence electrons. The topological polar surface area (TPSA) is 49.4 Å². The van der Waals surface area contributed by atoms with Crippen molar-refractivity contribution in [2.24, 2.45) is 5.92 Å². The van der Waals surface area contributed by atoms with E-state index >= 15 is 0 Å². The van der Waals surface area contributed by atoms with Crippen LogP contribution < -0.4 is 5.32 Å². The number of hydrogen-bond acceptors (Lipinski definition) is 2. The third-order valence-electron chi connectivity index (χ3n) is 3.07. The van der Waals surface area contributed by atoms with E-state index in [4.69, 9.17) is 0 Å². The standard InChI is InChI=1S/C11H20N2O2/c1-7(2)9(4)13-6-5-10(14)12-8(3)11(13)15/h7-9H,5-6H2,1-4H3,(H,12,14). The maximum Gasteiger partial charge on any atom is 0.245 e. The zero-order valence-electron chi connectivity index (χ0n) is 9.91. The van der Waals surface area contributed by atoms with Gasteiger partial charge in [0.15, 0.2) is 0 Å². The van der Waals surface area contributed by atoms with Gasteiger partial charge in [0, 0.05) is 19.0 Å². The largest absolute Gasteiger partial charge is 0.345 e. The van der Waals surface area contributed by atoms with E-state index in [0.717, 1.165) is 0 Å². The Bertz CT molecular complexity index is 263. The number of nitrogens with zero attached hydrogens (tertiary/aromatic N) is 1. The van der Waals surface area contributed by atoms with Crippen molar-refractivity contribution in [3.8, 4) is 0 Å². The molecule has 0 bridgehead atoms.